The number of furan rings is 1. The van der Waals surface area contributed by atoms with E-state index < -0.39 is 0 Å². The maximum absolute atomic E-state index is 5.86. The molecular formula is C11H15ClO. The van der Waals surface area contributed by atoms with Crippen LogP contribution in [0.3, 0.4) is 0 Å². The smallest absolute Gasteiger partial charge is 0.104 e. The molecule has 1 saturated carbocycles. The minimum absolute atomic E-state index is 0.295. The summed E-state index contributed by atoms with van der Waals surface area (Å²) in [6.45, 7) is 6.31. The van der Waals surface area contributed by atoms with Gasteiger partial charge in [0.05, 0.1) is 0 Å². The van der Waals surface area contributed by atoms with E-state index in [1.165, 1.54) is 12.0 Å². The standard InChI is InChI=1S/C11H15ClO/c1-7-4-10(8(2)13-7)11(3)5-9(11)6-12/h4,9H,5-6H2,1-3H3. The van der Waals surface area contributed by atoms with Crippen molar-refractivity contribution in [2.75, 3.05) is 5.88 Å². The van der Waals surface area contributed by atoms with Crippen LogP contribution in [0.25, 0.3) is 0 Å². The summed E-state index contributed by atoms with van der Waals surface area (Å²) in [5.74, 6) is 3.48. The van der Waals surface area contributed by atoms with E-state index in [9.17, 15) is 0 Å². The van der Waals surface area contributed by atoms with Gasteiger partial charge in [0.1, 0.15) is 11.5 Å². The summed E-state index contributed by atoms with van der Waals surface area (Å²) < 4.78 is 5.53. The van der Waals surface area contributed by atoms with Crippen LogP contribution in [0.1, 0.15) is 30.4 Å². The Bertz CT molecular complexity index is 329. The van der Waals surface area contributed by atoms with E-state index >= 15 is 0 Å². The number of hydrogen-bond donors (Lipinski definition) is 0. The van der Waals surface area contributed by atoms with E-state index in [4.69, 9.17) is 16.0 Å². The van der Waals surface area contributed by atoms with Crippen LogP contribution in [0.4, 0.5) is 0 Å². The van der Waals surface area contributed by atoms with Crippen molar-refractivity contribution < 1.29 is 4.42 Å². The Kier molecular flexibility index (Phi) is 1.95. The van der Waals surface area contributed by atoms with Crippen molar-refractivity contribution in [3.63, 3.8) is 0 Å². The molecule has 1 aromatic rings. The lowest BCUT2D eigenvalue weighted by Crippen LogP contribution is -2.05. The average Bonchev–Trinajstić information content (AvgIpc) is 2.61. The van der Waals surface area contributed by atoms with Crippen LogP contribution < -0.4 is 0 Å². The van der Waals surface area contributed by atoms with Gasteiger partial charge in [-0.05, 0) is 37.8 Å². The molecule has 0 aromatic carbocycles. The molecule has 2 rings (SSSR count). The van der Waals surface area contributed by atoms with Gasteiger partial charge in [-0.1, -0.05) is 6.92 Å². The van der Waals surface area contributed by atoms with E-state index in [2.05, 4.69) is 13.0 Å². The highest BCUT2D eigenvalue weighted by Crippen LogP contribution is 2.55. The highest BCUT2D eigenvalue weighted by molar-refractivity contribution is 6.18. The molecule has 1 nitrogen and oxygen atoms in total. The third-order valence-electron chi connectivity index (χ3n) is 3.25. The molecule has 1 fully saturated rings. The lowest BCUT2D eigenvalue weighted by molar-refractivity contribution is 0.496. The monoisotopic (exact) mass is 198 g/mol. The Hall–Kier alpha value is -0.430. The molecular weight excluding hydrogens is 184 g/mol. The van der Waals surface area contributed by atoms with E-state index in [1.54, 1.807) is 0 Å². The molecule has 1 aliphatic carbocycles. The fourth-order valence-corrected chi connectivity index (χ4v) is 2.66. The van der Waals surface area contributed by atoms with Crippen LogP contribution in [0, 0.1) is 19.8 Å². The third-order valence-corrected chi connectivity index (χ3v) is 3.63. The third kappa shape index (κ3) is 1.30. The van der Waals surface area contributed by atoms with Crippen LogP contribution in [0.2, 0.25) is 0 Å². The van der Waals surface area contributed by atoms with Gasteiger partial charge < -0.3 is 4.42 Å². The summed E-state index contributed by atoms with van der Waals surface area (Å²) >= 11 is 5.86. The first-order valence-corrected chi connectivity index (χ1v) is 5.25. The zero-order valence-electron chi connectivity index (χ0n) is 8.36. The van der Waals surface area contributed by atoms with Gasteiger partial charge in [-0.3, -0.25) is 0 Å². The summed E-state index contributed by atoms with van der Waals surface area (Å²) in [7, 11) is 0. The summed E-state index contributed by atoms with van der Waals surface area (Å²) in [6.07, 6.45) is 1.20. The molecule has 13 heavy (non-hydrogen) atoms. The molecule has 0 bridgehead atoms. The second-order valence-corrected chi connectivity index (χ2v) is 4.61. The van der Waals surface area contributed by atoms with Gasteiger partial charge in [-0.15, -0.1) is 11.6 Å². The van der Waals surface area contributed by atoms with Crippen molar-refractivity contribution in [1.29, 1.82) is 0 Å². The van der Waals surface area contributed by atoms with Gasteiger partial charge in [0.2, 0.25) is 0 Å². The molecule has 2 atom stereocenters. The first-order chi connectivity index (χ1) is 6.08. The second-order valence-electron chi connectivity index (χ2n) is 4.30. The van der Waals surface area contributed by atoms with E-state index in [1.807, 2.05) is 13.8 Å². The van der Waals surface area contributed by atoms with Gasteiger partial charge in [0.25, 0.3) is 0 Å². The Balaban J connectivity index is 2.32. The maximum atomic E-state index is 5.86. The predicted molar refractivity (Wildman–Crippen MR) is 54.4 cm³/mol. The number of halogens is 1. The Labute approximate surface area is 84.1 Å². The number of alkyl halides is 1. The van der Waals surface area contributed by atoms with Crippen LogP contribution in [-0.4, -0.2) is 5.88 Å². The molecule has 0 radical (unpaired) electrons. The zero-order valence-corrected chi connectivity index (χ0v) is 9.11. The molecule has 0 saturated heterocycles. The van der Waals surface area contributed by atoms with Crippen molar-refractivity contribution in [3.05, 3.63) is 23.2 Å². The van der Waals surface area contributed by atoms with Crippen molar-refractivity contribution in [2.45, 2.75) is 32.6 Å². The van der Waals surface area contributed by atoms with Gasteiger partial charge in [0, 0.05) is 11.3 Å². The normalized spacial score (nSPS) is 32.2. The fraction of sp³-hybridized carbons (Fsp3) is 0.636. The van der Waals surface area contributed by atoms with E-state index in [0.717, 1.165) is 17.4 Å². The minimum Gasteiger partial charge on any atom is -0.466 e. The second kappa shape index (κ2) is 2.78. The lowest BCUT2D eigenvalue weighted by Gasteiger charge is -2.07. The molecule has 0 amide bonds. The highest BCUT2D eigenvalue weighted by atomic mass is 35.5. The molecule has 0 spiro atoms. The maximum Gasteiger partial charge on any atom is 0.104 e. The SMILES string of the molecule is Cc1cc(C2(C)CC2CCl)c(C)o1. The van der Waals surface area contributed by atoms with Crippen molar-refractivity contribution >= 4 is 11.6 Å². The molecule has 0 aliphatic heterocycles. The van der Waals surface area contributed by atoms with Crippen LogP contribution in [0.15, 0.2) is 10.5 Å². The highest BCUT2D eigenvalue weighted by Gasteiger charge is 2.52. The van der Waals surface area contributed by atoms with E-state index in [0.29, 0.717) is 11.3 Å². The van der Waals surface area contributed by atoms with Crippen LogP contribution >= 0.6 is 11.6 Å². The Morgan fingerprint density at radius 2 is 2.31 bits per heavy atom. The molecule has 1 heterocycles. The molecule has 0 N–H and O–H groups in total. The number of hydrogen-bond acceptors (Lipinski definition) is 1. The first kappa shape index (κ1) is 9.14. The van der Waals surface area contributed by atoms with Crippen LogP contribution in [-0.2, 0) is 5.41 Å². The fourth-order valence-electron chi connectivity index (χ4n) is 2.21. The minimum atomic E-state index is 0.295. The summed E-state index contributed by atoms with van der Waals surface area (Å²) in [5.41, 5.74) is 1.65. The quantitative estimate of drug-likeness (QED) is 0.664. The van der Waals surface area contributed by atoms with Crippen LogP contribution in [0.5, 0.6) is 0 Å². The number of aryl methyl sites for hydroxylation is 2. The first-order valence-electron chi connectivity index (χ1n) is 4.71. The lowest BCUT2D eigenvalue weighted by atomic mass is 9.96. The van der Waals surface area contributed by atoms with Gasteiger partial charge in [0.15, 0.2) is 0 Å². The van der Waals surface area contributed by atoms with Gasteiger partial charge >= 0.3 is 0 Å². The summed E-state index contributed by atoms with van der Waals surface area (Å²) in [6, 6.07) is 2.15. The predicted octanol–water partition coefficient (Wildman–Crippen LogP) is 3.41. The molecule has 1 aromatic heterocycles. The molecule has 2 unspecified atom stereocenters. The average molecular weight is 199 g/mol. The van der Waals surface area contributed by atoms with E-state index in [-0.39, 0.29) is 0 Å². The molecule has 1 aliphatic rings. The molecule has 72 valence electrons. The largest absolute Gasteiger partial charge is 0.466 e. The van der Waals surface area contributed by atoms with Gasteiger partial charge in [-0.25, -0.2) is 0 Å². The van der Waals surface area contributed by atoms with Crippen molar-refractivity contribution in [1.82, 2.24) is 0 Å². The summed E-state index contributed by atoms with van der Waals surface area (Å²) in [4.78, 5) is 0. The van der Waals surface area contributed by atoms with Crippen molar-refractivity contribution in [3.8, 4) is 0 Å². The number of rotatable bonds is 2. The molecule has 2 heteroatoms. The van der Waals surface area contributed by atoms with Crippen molar-refractivity contribution in [2.24, 2.45) is 5.92 Å². The Morgan fingerprint density at radius 3 is 2.69 bits per heavy atom. The topological polar surface area (TPSA) is 13.1 Å². The van der Waals surface area contributed by atoms with Gasteiger partial charge in [-0.2, -0.15) is 0 Å². The summed E-state index contributed by atoms with van der Waals surface area (Å²) in [5, 5.41) is 0. The zero-order chi connectivity index (χ0) is 9.64. The Morgan fingerprint density at radius 1 is 1.62 bits per heavy atom.